The fourth-order valence-electron chi connectivity index (χ4n) is 0.400. The number of hydrogen-bond donors (Lipinski definition) is 4. The summed E-state index contributed by atoms with van der Waals surface area (Å²) in [5.74, 6) is 0. The molecule has 14 heavy (non-hydrogen) atoms. The number of hydrogen-bond acceptors (Lipinski definition) is 4. The zero-order valence-electron chi connectivity index (χ0n) is 9.40. The van der Waals surface area contributed by atoms with E-state index in [2.05, 4.69) is 0 Å². The van der Waals surface area contributed by atoms with Crippen molar-refractivity contribution >= 4 is 0 Å². The quantitative estimate of drug-likeness (QED) is 0.400. The van der Waals surface area contributed by atoms with Gasteiger partial charge in [-0.2, -0.15) is 0 Å². The second-order valence-electron chi connectivity index (χ2n) is 4.25. The van der Waals surface area contributed by atoms with Gasteiger partial charge in [0.25, 0.3) is 0 Å². The van der Waals surface area contributed by atoms with Crippen LogP contribution in [0, 0.1) is 5.41 Å². The Kier molecular flexibility index (Phi) is 10.9. The number of aliphatic hydroxyl groups excluding tert-OH is 3. The van der Waals surface area contributed by atoms with Crippen molar-refractivity contribution in [2.24, 2.45) is 5.41 Å². The zero-order chi connectivity index (χ0) is 11.6. The molecule has 0 saturated carbocycles. The van der Waals surface area contributed by atoms with Crippen LogP contribution in [-0.2, 0) is 0 Å². The molecule has 0 aromatic carbocycles. The first kappa shape index (κ1) is 16.3. The molecule has 0 atom stereocenters. The van der Waals surface area contributed by atoms with Gasteiger partial charge in [-0.3, -0.25) is 0 Å². The maximum absolute atomic E-state index is 8.44. The lowest BCUT2D eigenvalue weighted by Gasteiger charge is -2.19. The molecule has 0 aliphatic rings. The van der Waals surface area contributed by atoms with Gasteiger partial charge in [0.2, 0.25) is 0 Å². The summed E-state index contributed by atoms with van der Waals surface area (Å²) in [7, 11) is 0. The van der Waals surface area contributed by atoms with Crippen LogP contribution in [0.5, 0.6) is 0 Å². The third-order valence-corrected chi connectivity index (χ3v) is 1.59. The molecular weight excluding hydrogens is 184 g/mol. The number of unbranched alkanes of at least 4 members (excludes halogenated alkanes) is 2. The van der Waals surface area contributed by atoms with Crippen molar-refractivity contribution in [1.82, 2.24) is 0 Å². The average molecular weight is 208 g/mol. The molecular formula is C10H24O4. The molecule has 0 saturated heterocycles. The molecule has 0 aliphatic carbocycles. The van der Waals surface area contributed by atoms with Crippen LogP contribution in [0.25, 0.3) is 0 Å². The Hall–Kier alpha value is -0.160. The summed E-state index contributed by atoms with van der Waals surface area (Å²) < 4.78 is 0. The molecule has 0 heterocycles. The van der Waals surface area contributed by atoms with Gasteiger partial charge < -0.3 is 20.4 Å². The van der Waals surface area contributed by atoms with Gasteiger partial charge in [0.05, 0.1) is 0 Å². The third kappa shape index (κ3) is 14.4. The van der Waals surface area contributed by atoms with E-state index in [1.807, 2.05) is 0 Å². The van der Waals surface area contributed by atoms with E-state index in [9.17, 15) is 0 Å². The molecule has 0 radical (unpaired) electrons. The predicted octanol–water partition coefficient (Wildman–Crippen LogP) is 0.484. The molecule has 4 nitrogen and oxygen atoms in total. The lowest BCUT2D eigenvalue weighted by Crippen LogP contribution is -2.24. The molecule has 0 aromatic heterocycles. The van der Waals surface area contributed by atoms with E-state index < -0.39 is 6.29 Å². The monoisotopic (exact) mass is 208 g/mol. The van der Waals surface area contributed by atoms with Crippen LogP contribution in [0.1, 0.15) is 40.0 Å². The Morgan fingerprint density at radius 2 is 1.14 bits per heavy atom. The van der Waals surface area contributed by atoms with E-state index >= 15 is 0 Å². The summed E-state index contributed by atoms with van der Waals surface area (Å²) in [6, 6.07) is 0. The molecule has 0 bridgehead atoms. The molecule has 88 valence electrons. The van der Waals surface area contributed by atoms with E-state index in [-0.39, 0.29) is 18.6 Å². The Labute approximate surface area is 86.2 Å². The highest BCUT2D eigenvalue weighted by Gasteiger charge is 2.18. The molecule has 0 fully saturated rings. The van der Waals surface area contributed by atoms with Crippen LogP contribution in [0.3, 0.4) is 0 Å². The van der Waals surface area contributed by atoms with E-state index in [4.69, 9.17) is 20.4 Å². The molecule has 0 unspecified atom stereocenters. The van der Waals surface area contributed by atoms with E-state index in [0.717, 1.165) is 19.3 Å². The summed E-state index contributed by atoms with van der Waals surface area (Å²) >= 11 is 0. The van der Waals surface area contributed by atoms with Crippen LogP contribution in [0.15, 0.2) is 0 Å². The number of aliphatic hydroxyl groups is 4. The molecule has 0 aromatic rings. The summed E-state index contributed by atoms with van der Waals surface area (Å²) in [6.07, 6.45) is 1.38. The SMILES string of the molecule is CC(C)(C)C(O)O.OCCCCCO. The summed E-state index contributed by atoms with van der Waals surface area (Å²) in [5, 5.41) is 33.3. The van der Waals surface area contributed by atoms with Crippen LogP contribution in [0.4, 0.5) is 0 Å². The normalized spacial score (nSPS) is 11.1. The van der Waals surface area contributed by atoms with Gasteiger partial charge in [0.1, 0.15) is 0 Å². The van der Waals surface area contributed by atoms with E-state index in [1.54, 1.807) is 20.8 Å². The minimum absolute atomic E-state index is 0.250. The van der Waals surface area contributed by atoms with Gasteiger partial charge in [-0.25, -0.2) is 0 Å². The summed E-state index contributed by atoms with van der Waals surface area (Å²) in [4.78, 5) is 0. The second-order valence-corrected chi connectivity index (χ2v) is 4.25. The van der Waals surface area contributed by atoms with Crippen molar-refractivity contribution in [3.63, 3.8) is 0 Å². The standard InChI is InChI=1S/2C5H12O2/c1-5(2,3)4(6)7;6-4-2-1-3-5-7/h4,6-7H,1-3H3;6-7H,1-5H2. The Balaban J connectivity index is 0. The van der Waals surface area contributed by atoms with Crippen molar-refractivity contribution in [2.45, 2.75) is 46.3 Å². The lowest BCUT2D eigenvalue weighted by molar-refractivity contribution is -0.113. The predicted molar refractivity (Wildman–Crippen MR) is 55.7 cm³/mol. The Bertz CT molecular complexity index is 103. The van der Waals surface area contributed by atoms with E-state index in [1.165, 1.54) is 0 Å². The maximum atomic E-state index is 8.44. The largest absolute Gasteiger partial charge is 0.396 e. The van der Waals surface area contributed by atoms with Crippen molar-refractivity contribution < 1.29 is 20.4 Å². The van der Waals surface area contributed by atoms with Crippen molar-refractivity contribution in [3.8, 4) is 0 Å². The van der Waals surface area contributed by atoms with Crippen LogP contribution < -0.4 is 0 Å². The van der Waals surface area contributed by atoms with Crippen LogP contribution in [-0.4, -0.2) is 39.9 Å². The molecule has 0 spiro atoms. The molecule has 0 amide bonds. The Morgan fingerprint density at radius 1 is 0.857 bits per heavy atom. The van der Waals surface area contributed by atoms with Gasteiger partial charge in [0, 0.05) is 18.6 Å². The van der Waals surface area contributed by atoms with Crippen molar-refractivity contribution in [2.75, 3.05) is 13.2 Å². The first-order valence-electron chi connectivity index (χ1n) is 4.94. The molecule has 4 N–H and O–H groups in total. The zero-order valence-corrected chi connectivity index (χ0v) is 9.40. The van der Waals surface area contributed by atoms with Gasteiger partial charge in [0.15, 0.2) is 6.29 Å². The lowest BCUT2D eigenvalue weighted by atomic mass is 9.96. The molecule has 4 heteroatoms. The van der Waals surface area contributed by atoms with Gasteiger partial charge in [-0.05, 0) is 19.3 Å². The van der Waals surface area contributed by atoms with Gasteiger partial charge in [-0.1, -0.05) is 20.8 Å². The second kappa shape index (κ2) is 9.40. The smallest absolute Gasteiger partial charge is 0.156 e. The Morgan fingerprint density at radius 3 is 1.29 bits per heavy atom. The average Bonchev–Trinajstić information content (AvgIpc) is 2.05. The summed E-state index contributed by atoms with van der Waals surface area (Å²) in [5.41, 5.74) is -0.389. The van der Waals surface area contributed by atoms with Crippen LogP contribution >= 0.6 is 0 Å². The van der Waals surface area contributed by atoms with Crippen molar-refractivity contribution in [3.05, 3.63) is 0 Å². The fraction of sp³-hybridized carbons (Fsp3) is 1.00. The maximum Gasteiger partial charge on any atom is 0.156 e. The minimum Gasteiger partial charge on any atom is -0.396 e. The first-order chi connectivity index (χ1) is 6.36. The molecule has 0 aliphatic heterocycles. The topological polar surface area (TPSA) is 80.9 Å². The van der Waals surface area contributed by atoms with Gasteiger partial charge in [-0.15, -0.1) is 0 Å². The van der Waals surface area contributed by atoms with Crippen molar-refractivity contribution in [1.29, 1.82) is 0 Å². The third-order valence-electron chi connectivity index (χ3n) is 1.59. The fourth-order valence-corrected chi connectivity index (χ4v) is 0.400. The summed E-state index contributed by atoms with van der Waals surface area (Å²) in [6.45, 7) is 5.78. The minimum atomic E-state index is -1.20. The van der Waals surface area contributed by atoms with Crippen LogP contribution in [0.2, 0.25) is 0 Å². The highest BCUT2D eigenvalue weighted by Crippen LogP contribution is 2.15. The van der Waals surface area contributed by atoms with E-state index in [0.29, 0.717) is 0 Å². The highest BCUT2D eigenvalue weighted by molar-refractivity contribution is 4.61. The highest BCUT2D eigenvalue weighted by atomic mass is 16.5. The molecule has 0 rings (SSSR count). The van der Waals surface area contributed by atoms with Gasteiger partial charge >= 0.3 is 0 Å². The number of rotatable bonds is 4. The first-order valence-corrected chi connectivity index (χ1v) is 4.94.